The van der Waals surface area contributed by atoms with E-state index in [0.29, 0.717) is 6.04 Å². The van der Waals surface area contributed by atoms with Crippen LogP contribution in [0, 0.1) is 0 Å². The smallest absolute Gasteiger partial charge is 0.0331 e. The number of nitrogens with zero attached hydrogens (tertiary/aromatic N) is 1. The quantitative estimate of drug-likeness (QED) is 0.808. The molecule has 0 saturated heterocycles. The number of hydrogen-bond donors (Lipinski definition) is 1. The molecule has 2 nitrogen and oxygen atoms in total. The summed E-state index contributed by atoms with van der Waals surface area (Å²) in [6.45, 7) is 5.47. The summed E-state index contributed by atoms with van der Waals surface area (Å²) >= 11 is 0. The average molecular weight is 283 g/mol. The van der Waals surface area contributed by atoms with Crippen LogP contribution in [0.2, 0.25) is 0 Å². The predicted molar refractivity (Wildman–Crippen MR) is 90.1 cm³/mol. The molecular formula is C18H38N2. The van der Waals surface area contributed by atoms with Gasteiger partial charge in [-0.3, -0.25) is 4.90 Å². The Labute approximate surface area is 127 Å². The van der Waals surface area contributed by atoms with Gasteiger partial charge in [-0.2, -0.15) is 0 Å². The molecule has 0 aromatic carbocycles. The Balaban J connectivity index is 2.69. The minimum Gasteiger partial charge on any atom is -0.329 e. The standard InChI is InChI=1S/C18H38N2/c1-4-17(2)20(3)18(16-19)14-12-10-8-6-5-7-9-11-13-15-18/h17H,4-16,19H2,1-3H3. The molecule has 1 saturated carbocycles. The number of nitrogens with two attached hydrogens (primary N) is 1. The van der Waals surface area contributed by atoms with E-state index >= 15 is 0 Å². The van der Waals surface area contributed by atoms with Gasteiger partial charge in [0.25, 0.3) is 0 Å². The van der Waals surface area contributed by atoms with E-state index in [4.69, 9.17) is 5.73 Å². The maximum absolute atomic E-state index is 6.27. The first-order valence-corrected chi connectivity index (χ1v) is 9.09. The highest BCUT2D eigenvalue weighted by Gasteiger charge is 2.34. The van der Waals surface area contributed by atoms with Crippen LogP contribution in [0.15, 0.2) is 0 Å². The number of hydrogen-bond acceptors (Lipinski definition) is 2. The van der Waals surface area contributed by atoms with E-state index < -0.39 is 0 Å². The first-order chi connectivity index (χ1) is 9.66. The van der Waals surface area contributed by atoms with E-state index in [1.54, 1.807) is 0 Å². The summed E-state index contributed by atoms with van der Waals surface area (Å²) in [7, 11) is 2.31. The van der Waals surface area contributed by atoms with Crippen LogP contribution in [0.3, 0.4) is 0 Å². The first-order valence-electron chi connectivity index (χ1n) is 9.09. The lowest BCUT2D eigenvalue weighted by Crippen LogP contribution is -2.55. The zero-order valence-electron chi connectivity index (χ0n) is 14.3. The lowest BCUT2D eigenvalue weighted by molar-refractivity contribution is 0.0605. The van der Waals surface area contributed by atoms with Crippen molar-refractivity contribution in [3.05, 3.63) is 0 Å². The Morgan fingerprint density at radius 3 is 1.65 bits per heavy atom. The van der Waals surface area contributed by atoms with Crippen molar-refractivity contribution < 1.29 is 0 Å². The molecule has 0 aliphatic heterocycles. The van der Waals surface area contributed by atoms with Crippen LogP contribution in [0.1, 0.15) is 90.9 Å². The Morgan fingerprint density at radius 2 is 1.30 bits per heavy atom. The third-order valence-electron chi connectivity index (χ3n) is 5.66. The number of likely N-dealkylation sites (N-methyl/N-ethyl adjacent to an activating group) is 1. The molecular weight excluding hydrogens is 244 g/mol. The van der Waals surface area contributed by atoms with E-state index in [-0.39, 0.29) is 5.54 Å². The summed E-state index contributed by atoms with van der Waals surface area (Å²) in [5, 5.41) is 0. The maximum Gasteiger partial charge on any atom is 0.0331 e. The minimum absolute atomic E-state index is 0.259. The SMILES string of the molecule is CCC(C)N(C)C1(CN)CCCCCCCCCCC1. The van der Waals surface area contributed by atoms with E-state index in [1.807, 2.05) is 0 Å². The van der Waals surface area contributed by atoms with Crippen molar-refractivity contribution in [2.24, 2.45) is 5.73 Å². The van der Waals surface area contributed by atoms with Gasteiger partial charge in [-0.15, -0.1) is 0 Å². The van der Waals surface area contributed by atoms with Crippen molar-refractivity contribution in [1.29, 1.82) is 0 Å². The molecule has 0 aromatic heterocycles. The predicted octanol–water partition coefficient (Wildman–Crippen LogP) is 4.72. The molecule has 0 amide bonds. The van der Waals surface area contributed by atoms with Crippen LogP contribution in [0.5, 0.6) is 0 Å². The fourth-order valence-corrected chi connectivity index (χ4v) is 3.71. The molecule has 1 rings (SSSR count). The summed E-state index contributed by atoms with van der Waals surface area (Å²) in [6.07, 6.45) is 16.5. The molecule has 1 unspecified atom stereocenters. The molecule has 2 heteroatoms. The van der Waals surface area contributed by atoms with E-state index in [1.165, 1.54) is 77.0 Å². The van der Waals surface area contributed by atoms with Crippen LogP contribution in [0.4, 0.5) is 0 Å². The topological polar surface area (TPSA) is 29.3 Å². The highest BCUT2D eigenvalue weighted by atomic mass is 15.2. The first kappa shape index (κ1) is 18.0. The molecule has 0 bridgehead atoms. The van der Waals surface area contributed by atoms with Crippen molar-refractivity contribution in [3.8, 4) is 0 Å². The number of rotatable bonds is 4. The second kappa shape index (κ2) is 9.78. The van der Waals surface area contributed by atoms with Gasteiger partial charge in [-0.05, 0) is 33.2 Å². The van der Waals surface area contributed by atoms with E-state index in [2.05, 4.69) is 25.8 Å². The maximum atomic E-state index is 6.27. The van der Waals surface area contributed by atoms with Gasteiger partial charge in [0.15, 0.2) is 0 Å². The third kappa shape index (κ3) is 5.37. The van der Waals surface area contributed by atoms with Crippen LogP contribution in [-0.2, 0) is 0 Å². The highest BCUT2D eigenvalue weighted by molar-refractivity contribution is 4.92. The van der Waals surface area contributed by atoms with Gasteiger partial charge in [0, 0.05) is 18.1 Å². The van der Waals surface area contributed by atoms with Crippen molar-refractivity contribution in [2.75, 3.05) is 13.6 Å². The Hall–Kier alpha value is -0.0800. The van der Waals surface area contributed by atoms with Crippen molar-refractivity contribution in [3.63, 3.8) is 0 Å². The van der Waals surface area contributed by atoms with Gasteiger partial charge in [0.1, 0.15) is 0 Å². The van der Waals surface area contributed by atoms with Crippen molar-refractivity contribution in [2.45, 2.75) is 102 Å². The van der Waals surface area contributed by atoms with Crippen molar-refractivity contribution in [1.82, 2.24) is 4.90 Å². The Kier molecular flexibility index (Phi) is 8.79. The van der Waals surface area contributed by atoms with Crippen molar-refractivity contribution >= 4 is 0 Å². The van der Waals surface area contributed by atoms with Gasteiger partial charge < -0.3 is 5.73 Å². The lowest BCUT2D eigenvalue weighted by Gasteiger charge is -2.45. The lowest BCUT2D eigenvalue weighted by atomic mass is 9.83. The van der Waals surface area contributed by atoms with E-state index in [9.17, 15) is 0 Å². The fourth-order valence-electron chi connectivity index (χ4n) is 3.71. The van der Waals surface area contributed by atoms with Crippen LogP contribution < -0.4 is 5.73 Å². The Bertz CT molecular complexity index is 228. The largest absolute Gasteiger partial charge is 0.329 e. The molecule has 20 heavy (non-hydrogen) atoms. The molecule has 0 aromatic rings. The third-order valence-corrected chi connectivity index (χ3v) is 5.66. The second-order valence-electron chi connectivity index (χ2n) is 6.98. The molecule has 120 valence electrons. The summed E-state index contributed by atoms with van der Waals surface area (Å²) in [5.74, 6) is 0. The van der Waals surface area contributed by atoms with Gasteiger partial charge in [-0.1, -0.05) is 64.7 Å². The molecule has 1 aliphatic rings. The van der Waals surface area contributed by atoms with Gasteiger partial charge in [-0.25, -0.2) is 0 Å². The van der Waals surface area contributed by atoms with Crippen LogP contribution >= 0.6 is 0 Å². The monoisotopic (exact) mass is 282 g/mol. The minimum atomic E-state index is 0.259. The zero-order chi connectivity index (χ0) is 14.8. The second-order valence-corrected chi connectivity index (χ2v) is 6.98. The normalized spacial score (nSPS) is 23.9. The molecule has 0 radical (unpaired) electrons. The molecule has 2 N–H and O–H groups in total. The fraction of sp³-hybridized carbons (Fsp3) is 1.00. The highest BCUT2D eigenvalue weighted by Crippen LogP contribution is 2.30. The van der Waals surface area contributed by atoms with Gasteiger partial charge in [0.05, 0.1) is 0 Å². The zero-order valence-corrected chi connectivity index (χ0v) is 14.3. The van der Waals surface area contributed by atoms with Crippen LogP contribution in [0.25, 0.3) is 0 Å². The summed E-state index contributed by atoms with van der Waals surface area (Å²) in [5.41, 5.74) is 6.53. The van der Waals surface area contributed by atoms with Gasteiger partial charge in [0.2, 0.25) is 0 Å². The van der Waals surface area contributed by atoms with Crippen LogP contribution in [-0.4, -0.2) is 30.1 Å². The molecule has 1 atom stereocenters. The van der Waals surface area contributed by atoms with E-state index in [0.717, 1.165) is 6.54 Å². The van der Waals surface area contributed by atoms with Gasteiger partial charge >= 0.3 is 0 Å². The molecule has 1 fully saturated rings. The molecule has 0 spiro atoms. The molecule has 1 aliphatic carbocycles. The Morgan fingerprint density at radius 1 is 0.900 bits per heavy atom. The summed E-state index contributed by atoms with van der Waals surface area (Å²) in [4.78, 5) is 2.61. The molecule has 0 heterocycles. The average Bonchev–Trinajstić information content (AvgIpc) is 2.47. The summed E-state index contributed by atoms with van der Waals surface area (Å²) < 4.78 is 0. The summed E-state index contributed by atoms with van der Waals surface area (Å²) in [6, 6.07) is 0.645.